The van der Waals surface area contributed by atoms with Gasteiger partial charge < -0.3 is 9.32 Å². The quantitative estimate of drug-likeness (QED) is 0.183. The summed E-state index contributed by atoms with van der Waals surface area (Å²) in [4.78, 5) is 2.58. The second-order valence-corrected chi connectivity index (χ2v) is 18.0. The lowest BCUT2D eigenvalue weighted by Crippen LogP contribution is -2.55. The van der Waals surface area contributed by atoms with Gasteiger partial charge in [-0.3, -0.25) is 0 Å². The number of anilines is 3. The van der Waals surface area contributed by atoms with E-state index in [4.69, 9.17) is 4.42 Å². The van der Waals surface area contributed by atoms with E-state index in [1.807, 2.05) is 0 Å². The maximum atomic E-state index is 6.54. The molecule has 0 unspecified atom stereocenters. The molecule has 6 aromatic carbocycles. The summed E-state index contributed by atoms with van der Waals surface area (Å²) in [5.41, 5.74) is 17.9. The Morgan fingerprint density at radius 2 is 1.11 bits per heavy atom. The Bertz CT molecular complexity index is 2660. The van der Waals surface area contributed by atoms with Gasteiger partial charge in [0.05, 0.1) is 11.1 Å². The lowest BCUT2D eigenvalue weighted by atomic mass is 9.43. The van der Waals surface area contributed by atoms with Crippen LogP contribution >= 0.6 is 0 Å². The van der Waals surface area contributed by atoms with Gasteiger partial charge in [-0.1, -0.05) is 104 Å². The molecule has 7 aromatic rings. The molecule has 1 aromatic heterocycles. The first kappa shape index (κ1) is 30.3. The molecule has 54 heavy (non-hydrogen) atoms. The average Bonchev–Trinajstić information content (AvgIpc) is 3.83. The molecule has 2 heteroatoms. The lowest BCUT2D eigenvalue weighted by molar-refractivity contribution is -0.0399. The maximum Gasteiger partial charge on any atom is 0.137 e. The molecule has 0 aliphatic heterocycles. The van der Waals surface area contributed by atoms with Crippen molar-refractivity contribution < 1.29 is 4.42 Å². The Labute approximate surface area is 317 Å². The molecule has 4 bridgehead atoms. The number of fused-ring (bicyclic) bond motifs is 11. The van der Waals surface area contributed by atoms with Crippen LogP contribution in [-0.2, 0) is 10.8 Å². The van der Waals surface area contributed by atoms with Gasteiger partial charge in [0.25, 0.3) is 0 Å². The fourth-order valence-corrected chi connectivity index (χ4v) is 13.9. The zero-order chi connectivity index (χ0) is 35.2. The van der Waals surface area contributed by atoms with E-state index in [0.717, 1.165) is 34.8 Å². The molecule has 14 rings (SSSR count). The smallest absolute Gasteiger partial charge is 0.137 e. The number of hydrogen-bond donors (Lipinski definition) is 0. The molecule has 0 N–H and O–H groups in total. The first-order valence-corrected chi connectivity index (χ1v) is 20.9. The molecule has 7 aliphatic carbocycles. The van der Waals surface area contributed by atoms with Crippen molar-refractivity contribution in [3.05, 3.63) is 150 Å². The summed E-state index contributed by atoms with van der Waals surface area (Å²) in [6.45, 7) is 0. The van der Waals surface area contributed by atoms with Crippen molar-refractivity contribution in [3.63, 3.8) is 0 Å². The molecule has 0 saturated heterocycles. The number of benzene rings is 6. The Kier molecular flexibility index (Phi) is 6.04. The molecule has 2 spiro atoms. The maximum absolute atomic E-state index is 6.54. The lowest BCUT2D eigenvalue weighted by Gasteiger charge is -2.61. The number of nitrogens with zero attached hydrogens (tertiary/aromatic N) is 1. The van der Waals surface area contributed by atoms with E-state index in [1.54, 1.807) is 16.7 Å². The summed E-state index contributed by atoms with van der Waals surface area (Å²) in [6.07, 6.45) is 13.5. The standard InChI is InChI=1S/C52H45NO/c1-8-23-51(24-9-1)43-14-5-2-11-38(43)40-21-19-37(31-46(40)51)53(47-16-10-18-49-50(47)41-13-4-7-17-48(41)54-49)36-20-22-45-42(30-36)39-12-3-6-15-44(39)52(45)34-26-32-25-33(28-34)29-35(52)27-32/h2-7,10-22,30-35H,1,8-9,23-29H2. The van der Waals surface area contributed by atoms with Crippen molar-refractivity contribution >= 4 is 39.0 Å². The Hall–Kier alpha value is -5.08. The van der Waals surface area contributed by atoms with Crippen molar-refractivity contribution in [1.82, 2.24) is 0 Å². The van der Waals surface area contributed by atoms with Gasteiger partial charge in [-0.15, -0.1) is 0 Å². The fraction of sp³-hybridized carbons (Fsp3) is 0.308. The minimum absolute atomic E-state index is 0.0862. The van der Waals surface area contributed by atoms with E-state index in [1.165, 1.54) is 120 Å². The summed E-state index contributed by atoms with van der Waals surface area (Å²) in [7, 11) is 0. The second-order valence-electron chi connectivity index (χ2n) is 18.0. The van der Waals surface area contributed by atoms with E-state index in [-0.39, 0.29) is 10.8 Å². The highest BCUT2D eigenvalue weighted by Crippen LogP contribution is 2.69. The van der Waals surface area contributed by atoms with Gasteiger partial charge in [0, 0.05) is 27.6 Å². The summed E-state index contributed by atoms with van der Waals surface area (Å²) in [5.74, 6) is 3.39. The summed E-state index contributed by atoms with van der Waals surface area (Å²) < 4.78 is 6.54. The predicted octanol–water partition coefficient (Wildman–Crippen LogP) is 14.0. The van der Waals surface area contributed by atoms with Crippen LogP contribution in [-0.4, -0.2) is 0 Å². The molecular formula is C52H45NO. The third kappa shape index (κ3) is 3.77. The molecule has 0 radical (unpaired) electrons. The predicted molar refractivity (Wildman–Crippen MR) is 221 cm³/mol. The van der Waals surface area contributed by atoms with E-state index >= 15 is 0 Å². The van der Waals surface area contributed by atoms with Gasteiger partial charge in [-0.05, 0) is 156 Å². The Balaban J connectivity index is 1.06. The van der Waals surface area contributed by atoms with Gasteiger partial charge in [0.1, 0.15) is 11.2 Å². The normalized spacial score (nSPS) is 26.4. The molecule has 5 fully saturated rings. The zero-order valence-corrected chi connectivity index (χ0v) is 30.9. The van der Waals surface area contributed by atoms with Crippen LogP contribution in [0, 0.1) is 23.7 Å². The van der Waals surface area contributed by atoms with Crippen molar-refractivity contribution in [3.8, 4) is 22.3 Å². The molecule has 1 heterocycles. The molecule has 2 nitrogen and oxygen atoms in total. The summed E-state index contributed by atoms with van der Waals surface area (Å²) >= 11 is 0. The highest BCUT2D eigenvalue weighted by Gasteiger charge is 2.61. The third-order valence-electron chi connectivity index (χ3n) is 15.6. The van der Waals surface area contributed by atoms with E-state index < -0.39 is 0 Å². The summed E-state index contributed by atoms with van der Waals surface area (Å²) in [6, 6.07) is 49.1. The topological polar surface area (TPSA) is 16.4 Å². The molecule has 264 valence electrons. The first-order chi connectivity index (χ1) is 26.7. The minimum Gasteiger partial charge on any atom is -0.456 e. The van der Waals surface area contributed by atoms with Crippen LogP contribution in [0.4, 0.5) is 17.1 Å². The minimum atomic E-state index is 0.0862. The largest absolute Gasteiger partial charge is 0.456 e. The SMILES string of the molecule is c1ccc2c(c1)-c1ccc(N(c3ccc4c(c3)-c3ccccc3C43C4CC5CC(C4)CC3C5)c3cccc4oc5ccccc5c34)cc1C21CCCCC1. The van der Waals surface area contributed by atoms with Crippen LogP contribution < -0.4 is 4.90 Å². The van der Waals surface area contributed by atoms with Crippen LogP contribution in [0.5, 0.6) is 0 Å². The third-order valence-corrected chi connectivity index (χ3v) is 15.6. The second kappa shape index (κ2) is 10.8. The number of para-hydroxylation sites is 1. The summed E-state index contributed by atoms with van der Waals surface area (Å²) in [5, 5.41) is 2.35. The van der Waals surface area contributed by atoms with E-state index in [2.05, 4.69) is 132 Å². The van der Waals surface area contributed by atoms with E-state index in [0.29, 0.717) is 0 Å². The molecular weight excluding hydrogens is 655 g/mol. The van der Waals surface area contributed by atoms with Crippen LogP contribution in [0.25, 0.3) is 44.2 Å². The number of hydrogen-bond acceptors (Lipinski definition) is 2. The van der Waals surface area contributed by atoms with Crippen molar-refractivity contribution in [1.29, 1.82) is 0 Å². The molecule has 7 aliphatic rings. The van der Waals surface area contributed by atoms with Crippen LogP contribution in [0.3, 0.4) is 0 Å². The fourth-order valence-electron chi connectivity index (χ4n) is 13.9. The molecule has 0 atom stereocenters. The Morgan fingerprint density at radius 1 is 0.481 bits per heavy atom. The number of furan rings is 1. The van der Waals surface area contributed by atoms with Crippen LogP contribution in [0.1, 0.15) is 86.5 Å². The number of rotatable bonds is 3. The highest BCUT2D eigenvalue weighted by molar-refractivity contribution is 6.13. The average molecular weight is 700 g/mol. The molecule has 0 amide bonds. The van der Waals surface area contributed by atoms with E-state index in [9.17, 15) is 0 Å². The highest BCUT2D eigenvalue weighted by atomic mass is 16.3. The van der Waals surface area contributed by atoms with Crippen molar-refractivity contribution in [2.75, 3.05) is 4.90 Å². The van der Waals surface area contributed by atoms with Gasteiger partial charge in [-0.2, -0.15) is 0 Å². The first-order valence-electron chi connectivity index (χ1n) is 20.9. The van der Waals surface area contributed by atoms with Gasteiger partial charge in [0.2, 0.25) is 0 Å². The zero-order valence-electron chi connectivity index (χ0n) is 30.9. The van der Waals surface area contributed by atoms with Gasteiger partial charge in [0.15, 0.2) is 0 Å². The Morgan fingerprint density at radius 3 is 1.93 bits per heavy atom. The van der Waals surface area contributed by atoms with Crippen molar-refractivity contribution in [2.45, 2.75) is 75.0 Å². The van der Waals surface area contributed by atoms with Crippen LogP contribution in [0.15, 0.2) is 132 Å². The van der Waals surface area contributed by atoms with Crippen LogP contribution in [0.2, 0.25) is 0 Å². The monoisotopic (exact) mass is 699 g/mol. The molecule has 5 saturated carbocycles. The van der Waals surface area contributed by atoms with Gasteiger partial charge in [-0.25, -0.2) is 0 Å². The van der Waals surface area contributed by atoms with Gasteiger partial charge >= 0.3 is 0 Å². The van der Waals surface area contributed by atoms with Crippen molar-refractivity contribution in [2.24, 2.45) is 23.7 Å².